The highest BCUT2D eigenvalue weighted by molar-refractivity contribution is 5.67. The van der Waals surface area contributed by atoms with Crippen LogP contribution in [-0.2, 0) is 0 Å². The van der Waals surface area contributed by atoms with Crippen LogP contribution in [0, 0.1) is 23.2 Å². The lowest BCUT2D eigenvalue weighted by atomic mass is 10.1. The Kier molecular flexibility index (Phi) is 3.43. The van der Waals surface area contributed by atoms with E-state index in [-0.39, 0.29) is 0 Å². The summed E-state index contributed by atoms with van der Waals surface area (Å²) in [6.45, 7) is 0. The van der Waals surface area contributed by atoms with Crippen LogP contribution in [0.15, 0.2) is 54.6 Å². The topological polar surface area (TPSA) is 35.8 Å². The molecule has 0 aliphatic heterocycles. The van der Waals surface area contributed by atoms with Crippen molar-refractivity contribution in [3.05, 3.63) is 60.2 Å². The second-order valence-corrected chi connectivity index (χ2v) is 3.40. The molecule has 17 heavy (non-hydrogen) atoms. The van der Waals surface area contributed by atoms with Crippen molar-refractivity contribution in [1.29, 1.82) is 5.26 Å². The molecule has 0 radical (unpaired) electrons. The molecule has 0 saturated carbocycles. The third-order valence-electron chi connectivity index (χ3n) is 2.23. The molecule has 0 unspecified atom stereocenters. The largest absolute Gasteiger partial charge is 0.355 e. The number of hydrogen-bond donors (Lipinski definition) is 1. The van der Waals surface area contributed by atoms with Gasteiger partial charge in [-0.2, -0.15) is 5.26 Å². The Balaban J connectivity index is 2.31. The van der Waals surface area contributed by atoms with Crippen molar-refractivity contribution >= 4 is 11.4 Å². The van der Waals surface area contributed by atoms with E-state index in [9.17, 15) is 0 Å². The van der Waals surface area contributed by atoms with Crippen LogP contribution < -0.4 is 5.32 Å². The molecule has 80 valence electrons. The smallest absolute Gasteiger partial charge is 0.152 e. The molecule has 2 rings (SSSR count). The molecule has 2 heteroatoms. The highest BCUT2D eigenvalue weighted by atomic mass is 14.9. The highest BCUT2D eigenvalue weighted by Crippen LogP contribution is 2.19. The lowest BCUT2D eigenvalue weighted by Crippen LogP contribution is -1.92. The molecule has 0 aliphatic carbocycles. The third-order valence-corrected chi connectivity index (χ3v) is 2.23. The third kappa shape index (κ3) is 2.87. The molecule has 0 spiro atoms. The van der Waals surface area contributed by atoms with Crippen LogP contribution in [0.25, 0.3) is 0 Å². The summed E-state index contributed by atoms with van der Waals surface area (Å²) in [5.41, 5.74) is 2.72. The minimum Gasteiger partial charge on any atom is -0.355 e. The van der Waals surface area contributed by atoms with Gasteiger partial charge in [0.25, 0.3) is 0 Å². The minimum atomic E-state index is 0.818. The van der Waals surface area contributed by atoms with Crippen molar-refractivity contribution in [2.24, 2.45) is 0 Å². The minimum absolute atomic E-state index is 0.818. The summed E-state index contributed by atoms with van der Waals surface area (Å²) in [5.74, 6) is 5.22. The van der Waals surface area contributed by atoms with Crippen LogP contribution in [0.2, 0.25) is 0 Å². The molecule has 0 aromatic heterocycles. The number of benzene rings is 2. The van der Waals surface area contributed by atoms with Crippen molar-refractivity contribution in [3.63, 3.8) is 0 Å². The molecular formula is C15H10N2. The molecule has 2 aromatic carbocycles. The van der Waals surface area contributed by atoms with Gasteiger partial charge in [-0.1, -0.05) is 30.3 Å². The van der Waals surface area contributed by atoms with Gasteiger partial charge in [0.15, 0.2) is 6.07 Å². The fourth-order valence-corrected chi connectivity index (χ4v) is 1.47. The first-order valence-corrected chi connectivity index (χ1v) is 5.21. The Hall–Kier alpha value is -2.71. The summed E-state index contributed by atoms with van der Waals surface area (Å²) >= 11 is 0. The number of rotatable bonds is 2. The van der Waals surface area contributed by atoms with E-state index < -0.39 is 0 Å². The zero-order chi connectivity index (χ0) is 11.9. The van der Waals surface area contributed by atoms with Crippen LogP contribution >= 0.6 is 0 Å². The number of para-hydroxylation sites is 2. The van der Waals surface area contributed by atoms with E-state index in [1.54, 1.807) is 0 Å². The second-order valence-electron chi connectivity index (χ2n) is 3.40. The molecule has 0 amide bonds. The first kappa shape index (κ1) is 10.8. The maximum Gasteiger partial charge on any atom is 0.152 e. The van der Waals surface area contributed by atoms with Gasteiger partial charge in [0.05, 0.1) is 5.69 Å². The molecule has 0 heterocycles. The standard InChI is InChI=1S/C15H10N2/c16-12-6-8-13-7-4-5-11-15(13)17-14-9-2-1-3-10-14/h1-5,7,9-11,17H. The molecular weight excluding hydrogens is 208 g/mol. The van der Waals surface area contributed by atoms with Gasteiger partial charge >= 0.3 is 0 Å². The highest BCUT2D eigenvalue weighted by Gasteiger charge is 1.98. The first-order chi connectivity index (χ1) is 8.40. The van der Waals surface area contributed by atoms with E-state index in [2.05, 4.69) is 17.2 Å². The Morgan fingerprint density at radius 2 is 1.59 bits per heavy atom. The monoisotopic (exact) mass is 218 g/mol. The zero-order valence-electron chi connectivity index (χ0n) is 9.14. The summed E-state index contributed by atoms with van der Waals surface area (Å²) in [5, 5.41) is 11.7. The molecule has 0 fully saturated rings. The Bertz CT molecular complexity index is 598. The normalized spacial score (nSPS) is 8.65. The summed E-state index contributed by atoms with van der Waals surface area (Å²) in [7, 11) is 0. The zero-order valence-corrected chi connectivity index (χ0v) is 9.14. The van der Waals surface area contributed by atoms with Crippen LogP contribution in [-0.4, -0.2) is 0 Å². The number of nitrogens with one attached hydrogen (secondary N) is 1. The van der Waals surface area contributed by atoms with Crippen molar-refractivity contribution in [2.75, 3.05) is 5.32 Å². The number of nitrogens with zero attached hydrogens (tertiary/aromatic N) is 1. The van der Waals surface area contributed by atoms with E-state index in [1.807, 2.05) is 60.7 Å². The summed E-state index contributed by atoms with van der Waals surface area (Å²) in [4.78, 5) is 0. The SMILES string of the molecule is N#CC#Cc1ccccc1Nc1ccccc1. The fraction of sp³-hybridized carbons (Fsp3) is 0. The number of anilines is 2. The maximum absolute atomic E-state index is 8.46. The van der Waals surface area contributed by atoms with E-state index in [0.29, 0.717) is 0 Å². The van der Waals surface area contributed by atoms with E-state index in [1.165, 1.54) is 0 Å². The molecule has 2 aromatic rings. The van der Waals surface area contributed by atoms with Crippen molar-refractivity contribution < 1.29 is 0 Å². The predicted octanol–water partition coefficient (Wildman–Crippen LogP) is 3.31. The molecule has 2 nitrogen and oxygen atoms in total. The van der Waals surface area contributed by atoms with Gasteiger partial charge in [0, 0.05) is 17.2 Å². The Morgan fingerprint density at radius 1 is 0.882 bits per heavy atom. The van der Waals surface area contributed by atoms with Crippen molar-refractivity contribution in [3.8, 4) is 17.9 Å². The lowest BCUT2D eigenvalue weighted by Gasteiger charge is -2.07. The van der Waals surface area contributed by atoms with Crippen LogP contribution in [0.5, 0.6) is 0 Å². The van der Waals surface area contributed by atoms with Gasteiger partial charge in [0.1, 0.15) is 0 Å². The second kappa shape index (κ2) is 5.39. The molecule has 0 saturated heterocycles. The number of hydrogen-bond acceptors (Lipinski definition) is 2. The average molecular weight is 218 g/mol. The molecule has 0 atom stereocenters. The van der Waals surface area contributed by atoms with Gasteiger partial charge in [-0.05, 0) is 30.2 Å². The summed E-state index contributed by atoms with van der Waals surface area (Å²) in [6, 6.07) is 19.3. The fourth-order valence-electron chi connectivity index (χ4n) is 1.47. The van der Waals surface area contributed by atoms with Gasteiger partial charge in [-0.15, -0.1) is 0 Å². The molecule has 0 bridgehead atoms. The lowest BCUT2D eigenvalue weighted by molar-refractivity contribution is 1.52. The maximum atomic E-state index is 8.46. The van der Waals surface area contributed by atoms with E-state index >= 15 is 0 Å². The number of nitriles is 1. The van der Waals surface area contributed by atoms with Crippen LogP contribution in [0.3, 0.4) is 0 Å². The van der Waals surface area contributed by atoms with E-state index in [4.69, 9.17) is 5.26 Å². The molecule has 1 N–H and O–H groups in total. The van der Waals surface area contributed by atoms with Crippen LogP contribution in [0.1, 0.15) is 5.56 Å². The molecule has 0 aliphatic rings. The van der Waals surface area contributed by atoms with Crippen LogP contribution in [0.4, 0.5) is 11.4 Å². The Labute approximate surface area is 101 Å². The summed E-state index contributed by atoms with van der Waals surface area (Å²) < 4.78 is 0. The van der Waals surface area contributed by atoms with Crippen molar-refractivity contribution in [1.82, 2.24) is 0 Å². The van der Waals surface area contributed by atoms with Gasteiger partial charge < -0.3 is 5.32 Å². The predicted molar refractivity (Wildman–Crippen MR) is 68.7 cm³/mol. The van der Waals surface area contributed by atoms with Crippen molar-refractivity contribution in [2.45, 2.75) is 0 Å². The Morgan fingerprint density at radius 3 is 2.35 bits per heavy atom. The first-order valence-electron chi connectivity index (χ1n) is 5.21. The average Bonchev–Trinajstić information content (AvgIpc) is 2.39. The quantitative estimate of drug-likeness (QED) is 0.785. The van der Waals surface area contributed by atoms with Gasteiger partial charge in [-0.25, -0.2) is 0 Å². The van der Waals surface area contributed by atoms with Gasteiger partial charge in [-0.3, -0.25) is 0 Å². The summed E-state index contributed by atoms with van der Waals surface area (Å²) in [6.07, 6.45) is 0. The van der Waals surface area contributed by atoms with Gasteiger partial charge in [0.2, 0.25) is 0 Å². The van der Waals surface area contributed by atoms with E-state index in [0.717, 1.165) is 16.9 Å².